The molecule has 0 atom stereocenters. The standard InChI is InChI=1S/C14H16ClNO5/c1-9-4-5-10(11(15)6-9)14(19)16(7-12(17)20-2)8-13(18)21-3/h4-6H,7-8H2,1-3H3. The van der Waals surface area contributed by atoms with Gasteiger partial charge in [-0.2, -0.15) is 0 Å². The van der Waals surface area contributed by atoms with Crippen LogP contribution >= 0.6 is 11.6 Å². The molecule has 0 bridgehead atoms. The Morgan fingerprint density at radius 2 is 1.62 bits per heavy atom. The Kier molecular flexibility index (Phi) is 6.17. The van der Waals surface area contributed by atoms with Crippen molar-refractivity contribution in [2.45, 2.75) is 6.92 Å². The maximum atomic E-state index is 12.4. The van der Waals surface area contributed by atoms with Crippen LogP contribution in [0.3, 0.4) is 0 Å². The Bertz CT molecular complexity index is 540. The predicted octanol–water partition coefficient (Wildman–Crippen LogP) is 1.44. The molecule has 0 spiro atoms. The summed E-state index contributed by atoms with van der Waals surface area (Å²) in [7, 11) is 2.39. The Balaban J connectivity index is 3.02. The lowest BCUT2D eigenvalue weighted by Crippen LogP contribution is -2.40. The van der Waals surface area contributed by atoms with Crippen molar-refractivity contribution in [2.24, 2.45) is 0 Å². The Hall–Kier alpha value is -2.08. The second kappa shape index (κ2) is 7.64. The Morgan fingerprint density at radius 1 is 1.10 bits per heavy atom. The minimum Gasteiger partial charge on any atom is -0.468 e. The van der Waals surface area contributed by atoms with Gasteiger partial charge in [0.1, 0.15) is 13.1 Å². The maximum Gasteiger partial charge on any atom is 0.325 e. The Labute approximate surface area is 127 Å². The zero-order chi connectivity index (χ0) is 16.0. The fourth-order valence-electron chi connectivity index (χ4n) is 1.60. The molecule has 1 aromatic rings. The van der Waals surface area contributed by atoms with E-state index in [-0.39, 0.29) is 23.7 Å². The van der Waals surface area contributed by atoms with E-state index in [4.69, 9.17) is 11.6 Å². The quantitative estimate of drug-likeness (QED) is 0.769. The lowest BCUT2D eigenvalue weighted by atomic mass is 10.1. The van der Waals surface area contributed by atoms with Crippen LogP contribution in [0.2, 0.25) is 5.02 Å². The zero-order valence-electron chi connectivity index (χ0n) is 12.0. The van der Waals surface area contributed by atoms with Gasteiger partial charge in [-0.3, -0.25) is 14.4 Å². The van der Waals surface area contributed by atoms with Gasteiger partial charge in [0.2, 0.25) is 0 Å². The van der Waals surface area contributed by atoms with Crippen molar-refractivity contribution < 1.29 is 23.9 Å². The van der Waals surface area contributed by atoms with Crippen LogP contribution in [0.5, 0.6) is 0 Å². The van der Waals surface area contributed by atoms with E-state index < -0.39 is 17.8 Å². The van der Waals surface area contributed by atoms with Gasteiger partial charge in [0, 0.05) is 0 Å². The van der Waals surface area contributed by atoms with Crippen molar-refractivity contribution in [2.75, 3.05) is 27.3 Å². The number of ether oxygens (including phenoxy) is 2. The first-order valence-corrected chi connectivity index (χ1v) is 6.46. The number of carbonyl (C=O) groups is 3. The lowest BCUT2D eigenvalue weighted by molar-refractivity contribution is -0.144. The minimum absolute atomic E-state index is 0.204. The highest BCUT2D eigenvalue weighted by molar-refractivity contribution is 6.34. The molecule has 0 aromatic heterocycles. The average Bonchev–Trinajstić information content (AvgIpc) is 2.45. The van der Waals surface area contributed by atoms with Gasteiger partial charge in [0.15, 0.2) is 0 Å². The maximum absolute atomic E-state index is 12.4. The highest BCUT2D eigenvalue weighted by atomic mass is 35.5. The molecule has 0 aliphatic rings. The van der Waals surface area contributed by atoms with Crippen molar-refractivity contribution in [3.8, 4) is 0 Å². The number of carbonyl (C=O) groups excluding carboxylic acids is 3. The van der Waals surface area contributed by atoms with Crippen LogP contribution in [-0.2, 0) is 19.1 Å². The van der Waals surface area contributed by atoms with Gasteiger partial charge in [-0.15, -0.1) is 0 Å². The molecule has 0 heterocycles. The number of nitrogens with zero attached hydrogens (tertiary/aromatic N) is 1. The molecule has 7 heteroatoms. The summed E-state index contributed by atoms with van der Waals surface area (Å²) in [5, 5.41) is 0.250. The SMILES string of the molecule is COC(=O)CN(CC(=O)OC)C(=O)c1ccc(C)cc1Cl. The van der Waals surface area contributed by atoms with Crippen LogP contribution in [0.4, 0.5) is 0 Å². The van der Waals surface area contributed by atoms with Crippen LogP contribution in [0.1, 0.15) is 15.9 Å². The number of esters is 2. The monoisotopic (exact) mass is 313 g/mol. The summed E-state index contributed by atoms with van der Waals surface area (Å²) in [4.78, 5) is 36.2. The second-order valence-corrected chi connectivity index (χ2v) is 4.70. The van der Waals surface area contributed by atoms with Crippen molar-refractivity contribution >= 4 is 29.4 Å². The van der Waals surface area contributed by atoms with E-state index >= 15 is 0 Å². The smallest absolute Gasteiger partial charge is 0.325 e. The van der Waals surface area contributed by atoms with E-state index in [1.54, 1.807) is 18.2 Å². The van der Waals surface area contributed by atoms with E-state index in [1.807, 2.05) is 6.92 Å². The molecule has 0 unspecified atom stereocenters. The number of hydrogen-bond acceptors (Lipinski definition) is 5. The normalized spacial score (nSPS) is 9.90. The molecule has 0 fully saturated rings. The van der Waals surface area contributed by atoms with Gasteiger partial charge in [0.05, 0.1) is 24.8 Å². The molecular formula is C14H16ClNO5. The number of hydrogen-bond donors (Lipinski definition) is 0. The van der Waals surface area contributed by atoms with Crippen molar-refractivity contribution in [1.29, 1.82) is 0 Å². The largest absolute Gasteiger partial charge is 0.468 e. The first kappa shape index (κ1) is 17.0. The number of rotatable bonds is 5. The summed E-state index contributed by atoms with van der Waals surface area (Å²) in [6, 6.07) is 4.89. The van der Waals surface area contributed by atoms with Crippen LogP contribution in [-0.4, -0.2) is 50.1 Å². The van der Waals surface area contributed by atoms with E-state index in [9.17, 15) is 14.4 Å². The Morgan fingerprint density at radius 3 is 2.05 bits per heavy atom. The molecule has 0 aliphatic carbocycles. The van der Waals surface area contributed by atoms with Crippen LogP contribution in [0, 0.1) is 6.92 Å². The summed E-state index contributed by atoms with van der Waals surface area (Å²) in [6.07, 6.45) is 0. The lowest BCUT2D eigenvalue weighted by Gasteiger charge is -2.20. The highest BCUT2D eigenvalue weighted by Gasteiger charge is 2.23. The summed E-state index contributed by atoms with van der Waals surface area (Å²) in [5.74, 6) is -1.83. The summed E-state index contributed by atoms with van der Waals surface area (Å²) in [6.45, 7) is 1.10. The molecule has 0 saturated carbocycles. The molecule has 0 saturated heterocycles. The third-order valence-corrected chi connectivity index (χ3v) is 3.05. The highest BCUT2D eigenvalue weighted by Crippen LogP contribution is 2.19. The van der Waals surface area contributed by atoms with Crippen molar-refractivity contribution in [1.82, 2.24) is 4.90 Å². The number of benzene rings is 1. The molecule has 1 rings (SSSR count). The van der Waals surface area contributed by atoms with Gasteiger partial charge in [0.25, 0.3) is 5.91 Å². The topological polar surface area (TPSA) is 72.9 Å². The van der Waals surface area contributed by atoms with Gasteiger partial charge in [-0.05, 0) is 24.6 Å². The van der Waals surface area contributed by atoms with Gasteiger partial charge < -0.3 is 14.4 Å². The van der Waals surface area contributed by atoms with Crippen LogP contribution < -0.4 is 0 Å². The average molecular weight is 314 g/mol. The van der Waals surface area contributed by atoms with E-state index in [0.717, 1.165) is 10.5 Å². The first-order valence-electron chi connectivity index (χ1n) is 6.08. The second-order valence-electron chi connectivity index (χ2n) is 4.30. The van der Waals surface area contributed by atoms with E-state index in [0.29, 0.717) is 0 Å². The fraction of sp³-hybridized carbons (Fsp3) is 0.357. The molecule has 0 N–H and O–H groups in total. The van der Waals surface area contributed by atoms with Crippen molar-refractivity contribution in [3.05, 3.63) is 34.3 Å². The summed E-state index contributed by atoms with van der Waals surface area (Å²) in [5.41, 5.74) is 1.10. The molecule has 0 aliphatic heterocycles. The molecule has 1 amide bonds. The van der Waals surface area contributed by atoms with Crippen molar-refractivity contribution in [3.63, 3.8) is 0 Å². The summed E-state index contributed by atoms with van der Waals surface area (Å²) < 4.78 is 9.03. The van der Waals surface area contributed by atoms with Gasteiger partial charge in [-0.25, -0.2) is 0 Å². The van der Waals surface area contributed by atoms with Gasteiger partial charge >= 0.3 is 11.9 Å². The summed E-state index contributed by atoms with van der Waals surface area (Å²) >= 11 is 6.03. The van der Waals surface area contributed by atoms with E-state index in [2.05, 4.69) is 9.47 Å². The number of halogens is 1. The van der Waals surface area contributed by atoms with Crippen LogP contribution in [0.15, 0.2) is 18.2 Å². The van der Waals surface area contributed by atoms with Crippen LogP contribution in [0.25, 0.3) is 0 Å². The molecule has 114 valence electrons. The number of amides is 1. The third kappa shape index (κ3) is 4.75. The molecule has 0 radical (unpaired) electrons. The fourth-order valence-corrected chi connectivity index (χ4v) is 1.92. The molecule has 21 heavy (non-hydrogen) atoms. The zero-order valence-corrected chi connectivity index (χ0v) is 12.8. The molecular weight excluding hydrogens is 298 g/mol. The molecule has 1 aromatic carbocycles. The minimum atomic E-state index is -0.643. The first-order chi connectivity index (χ1) is 9.88. The van der Waals surface area contributed by atoms with E-state index in [1.165, 1.54) is 14.2 Å². The number of aryl methyl sites for hydroxylation is 1. The molecule has 6 nitrogen and oxygen atoms in total. The number of methoxy groups -OCH3 is 2. The third-order valence-electron chi connectivity index (χ3n) is 2.74. The predicted molar refractivity (Wildman–Crippen MR) is 76.1 cm³/mol. The van der Waals surface area contributed by atoms with Gasteiger partial charge in [-0.1, -0.05) is 17.7 Å².